The number of benzene rings is 7. The molecule has 4 heteroatoms. The van der Waals surface area contributed by atoms with Crippen molar-refractivity contribution in [1.29, 1.82) is 0 Å². The fourth-order valence-corrected chi connectivity index (χ4v) is 7.34. The van der Waals surface area contributed by atoms with E-state index in [1.165, 1.54) is 38.1 Å². The maximum atomic E-state index is 7.60. The lowest BCUT2D eigenvalue weighted by atomic mass is 10.0. The summed E-state index contributed by atoms with van der Waals surface area (Å²) in [7, 11) is 0. The van der Waals surface area contributed by atoms with Gasteiger partial charge in [-0.05, 0) is 66.7 Å². The average Bonchev–Trinajstić information content (AvgIpc) is 3.64. The van der Waals surface area contributed by atoms with E-state index in [0.717, 1.165) is 34.1 Å². The Balaban J connectivity index is 1.35. The third-order valence-electron chi connectivity index (χ3n) is 8.95. The molecule has 9 rings (SSSR count). The topological polar surface area (TPSA) is 10.9 Å². The van der Waals surface area contributed by atoms with Crippen LogP contribution in [-0.2, 0) is 0 Å². The second-order valence-corrected chi connectivity index (χ2v) is 11.9. The molecule has 2 heterocycles. The van der Waals surface area contributed by atoms with Crippen molar-refractivity contribution >= 4 is 83.8 Å². The van der Waals surface area contributed by atoms with Gasteiger partial charge in [0.15, 0.2) is 0 Å². The Kier molecular flexibility index (Phi) is 6.19. The Bertz CT molecular complexity index is 2450. The molecular formula is C42H28ClN3. The van der Waals surface area contributed by atoms with Crippen LogP contribution in [0.25, 0.3) is 38.1 Å². The molecule has 0 atom stereocenters. The van der Waals surface area contributed by atoms with Gasteiger partial charge in [0.05, 0.1) is 38.6 Å². The molecule has 0 unspecified atom stereocenters. The van der Waals surface area contributed by atoms with E-state index in [4.69, 9.17) is 11.6 Å². The molecule has 0 spiro atoms. The molecule has 0 fully saturated rings. The van der Waals surface area contributed by atoms with Crippen molar-refractivity contribution in [2.45, 2.75) is 0 Å². The van der Waals surface area contributed by atoms with Gasteiger partial charge in [0.25, 0.3) is 0 Å². The van der Waals surface area contributed by atoms with Crippen molar-refractivity contribution in [3.05, 3.63) is 175 Å². The van der Waals surface area contributed by atoms with Crippen molar-refractivity contribution in [3.63, 3.8) is 0 Å². The van der Waals surface area contributed by atoms with E-state index in [-0.39, 0.29) is 0 Å². The zero-order valence-electron chi connectivity index (χ0n) is 24.9. The molecule has 0 bridgehead atoms. The summed E-state index contributed by atoms with van der Waals surface area (Å²) in [5.41, 5.74) is 9.65. The van der Waals surface area contributed by atoms with Gasteiger partial charge in [0.2, 0.25) is 0 Å². The normalized spacial score (nSPS) is 11.6. The number of hydrogen-bond acceptors (Lipinski definition) is 2. The maximum absolute atomic E-state index is 7.60. The van der Waals surface area contributed by atoms with Gasteiger partial charge in [0.1, 0.15) is 0 Å². The van der Waals surface area contributed by atoms with Gasteiger partial charge in [0, 0.05) is 38.6 Å². The number of halogens is 1. The van der Waals surface area contributed by atoms with E-state index < -0.39 is 0 Å². The Hall–Kier alpha value is -5.77. The third-order valence-corrected chi connectivity index (χ3v) is 9.34. The summed E-state index contributed by atoms with van der Waals surface area (Å²) in [4.78, 5) is 4.54. The van der Waals surface area contributed by atoms with Gasteiger partial charge in [-0.3, -0.25) is 0 Å². The van der Waals surface area contributed by atoms with Gasteiger partial charge in [-0.15, -0.1) is 0 Å². The largest absolute Gasteiger partial charge is 0.309 e. The van der Waals surface area contributed by atoms with Gasteiger partial charge in [-0.25, -0.2) is 0 Å². The molecule has 9 aromatic rings. The molecule has 0 amide bonds. The van der Waals surface area contributed by atoms with E-state index in [1.54, 1.807) is 0 Å². The Morgan fingerprint density at radius 3 is 1.46 bits per heavy atom. The first-order valence-corrected chi connectivity index (χ1v) is 15.9. The fourth-order valence-electron chi connectivity index (χ4n) is 7.05. The standard InChI is InChI=1S/C42H28ClN3/c43-41-38(44(29-15-4-1-5-16-29)30-17-6-2-7-18-30)25-14-26-39(41)45(31-19-8-3-9-20-31)37-28-27-33-32-21-10-12-23-35(32)46-36-24-13-11-22-34(36)40(37)42(33)46/h1-28H. The number of anilines is 6. The van der Waals surface area contributed by atoms with E-state index in [1.807, 2.05) is 12.1 Å². The first kappa shape index (κ1) is 26.6. The highest BCUT2D eigenvalue weighted by atomic mass is 35.5. The summed E-state index contributed by atoms with van der Waals surface area (Å²) in [6, 6.07) is 59.6. The predicted molar refractivity (Wildman–Crippen MR) is 195 cm³/mol. The fraction of sp³-hybridized carbons (Fsp3) is 0. The van der Waals surface area contributed by atoms with Crippen molar-refractivity contribution in [1.82, 2.24) is 4.40 Å². The van der Waals surface area contributed by atoms with Crippen LogP contribution in [0.1, 0.15) is 0 Å². The predicted octanol–water partition coefficient (Wildman–Crippen LogP) is 12.4. The van der Waals surface area contributed by atoms with Crippen LogP contribution in [0.4, 0.5) is 34.1 Å². The zero-order valence-corrected chi connectivity index (χ0v) is 25.6. The highest BCUT2D eigenvalue weighted by molar-refractivity contribution is 6.37. The van der Waals surface area contributed by atoms with E-state index in [9.17, 15) is 0 Å². The van der Waals surface area contributed by atoms with Crippen LogP contribution in [-0.4, -0.2) is 4.40 Å². The number of nitrogens with zero attached hydrogens (tertiary/aromatic N) is 3. The molecule has 0 aliphatic carbocycles. The highest BCUT2D eigenvalue weighted by Crippen LogP contribution is 2.50. The number of para-hydroxylation sites is 5. The number of aromatic nitrogens is 1. The monoisotopic (exact) mass is 609 g/mol. The number of hydrogen-bond donors (Lipinski definition) is 0. The summed E-state index contributed by atoms with van der Waals surface area (Å²) in [5, 5.41) is 5.59. The lowest BCUT2D eigenvalue weighted by molar-refractivity contribution is 1.25. The molecule has 46 heavy (non-hydrogen) atoms. The van der Waals surface area contributed by atoms with E-state index >= 15 is 0 Å². The number of rotatable bonds is 6. The van der Waals surface area contributed by atoms with Crippen LogP contribution in [0.5, 0.6) is 0 Å². The minimum absolute atomic E-state index is 0.665. The van der Waals surface area contributed by atoms with Gasteiger partial charge >= 0.3 is 0 Å². The molecule has 0 radical (unpaired) electrons. The molecular weight excluding hydrogens is 582 g/mol. The Morgan fingerprint density at radius 1 is 0.370 bits per heavy atom. The van der Waals surface area contributed by atoms with Crippen molar-refractivity contribution in [2.75, 3.05) is 9.80 Å². The first-order chi connectivity index (χ1) is 22.8. The quantitative estimate of drug-likeness (QED) is 0.186. The van der Waals surface area contributed by atoms with Crippen LogP contribution in [0.3, 0.4) is 0 Å². The minimum Gasteiger partial charge on any atom is -0.309 e. The molecule has 0 N–H and O–H groups in total. The van der Waals surface area contributed by atoms with Crippen LogP contribution >= 0.6 is 11.6 Å². The second-order valence-electron chi connectivity index (χ2n) is 11.5. The lowest BCUT2D eigenvalue weighted by Gasteiger charge is -2.31. The maximum Gasteiger partial charge on any atom is 0.0887 e. The zero-order chi connectivity index (χ0) is 30.6. The molecule has 7 aromatic carbocycles. The molecule has 2 aromatic heterocycles. The smallest absolute Gasteiger partial charge is 0.0887 e. The molecule has 218 valence electrons. The van der Waals surface area contributed by atoms with Crippen molar-refractivity contribution in [2.24, 2.45) is 0 Å². The van der Waals surface area contributed by atoms with E-state index in [2.05, 4.69) is 172 Å². The summed E-state index contributed by atoms with van der Waals surface area (Å²) in [6.45, 7) is 0. The first-order valence-electron chi connectivity index (χ1n) is 15.5. The SMILES string of the molecule is Clc1c(N(c2ccccc2)c2ccccc2)cccc1N(c1ccccc1)c1ccc2c3ccccc3n3c4ccccc4c1c23. The van der Waals surface area contributed by atoms with Crippen LogP contribution in [0, 0.1) is 0 Å². The summed E-state index contributed by atoms with van der Waals surface area (Å²) in [5.74, 6) is 0. The molecule has 0 aliphatic heterocycles. The van der Waals surface area contributed by atoms with Gasteiger partial charge < -0.3 is 14.2 Å². The summed E-state index contributed by atoms with van der Waals surface area (Å²) < 4.78 is 2.42. The minimum atomic E-state index is 0.665. The van der Waals surface area contributed by atoms with Gasteiger partial charge in [-0.1, -0.05) is 115 Å². The molecule has 0 aliphatic rings. The summed E-state index contributed by atoms with van der Waals surface area (Å²) in [6.07, 6.45) is 0. The van der Waals surface area contributed by atoms with Crippen molar-refractivity contribution in [3.8, 4) is 0 Å². The average molecular weight is 610 g/mol. The van der Waals surface area contributed by atoms with E-state index in [0.29, 0.717) is 5.02 Å². The number of fused-ring (bicyclic) bond motifs is 6. The third kappa shape index (κ3) is 3.99. The van der Waals surface area contributed by atoms with Crippen LogP contribution < -0.4 is 9.80 Å². The Morgan fingerprint density at radius 2 is 0.848 bits per heavy atom. The highest BCUT2D eigenvalue weighted by Gasteiger charge is 2.26. The lowest BCUT2D eigenvalue weighted by Crippen LogP contribution is -2.14. The van der Waals surface area contributed by atoms with Crippen LogP contribution in [0.15, 0.2) is 170 Å². The summed E-state index contributed by atoms with van der Waals surface area (Å²) >= 11 is 7.60. The molecule has 0 saturated heterocycles. The van der Waals surface area contributed by atoms with Gasteiger partial charge in [-0.2, -0.15) is 0 Å². The molecule has 3 nitrogen and oxygen atoms in total. The Labute approximate surface area is 272 Å². The van der Waals surface area contributed by atoms with Crippen LogP contribution in [0.2, 0.25) is 5.02 Å². The van der Waals surface area contributed by atoms with Crippen molar-refractivity contribution < 1.29 is 0 Å². The molecule has 0 saturated carbocycles. The second kappa shape index (κ2) is 10.7.